The molecular formula is C21H21NO6. The zero-order valence-electron chi connectivity index (χ0n) is 15.7. The highest BCUT2D eigenvalue weighted by molar-refractivity contribution is 5.96. The van der Waals surface area contributed by atoms with E-state index >= 15 is 0 Å². The number of methoxy groups -OCH3 is 2. The highest BCUT2D eigenvalue weighted by Gasteiger charge is 2.22. The van der Waals surface area contributed by atoms with Crippen molar-refractivity contribution in [3.63, 3.8) is 0 Å². The summed E-state index contributed by atoms with van der Waals surface area (Å²) in [6, 6.07) is 14.6. The molecule has 0 spiro atoms. The third-order valence-electron chi connectivity index (χ3n) is 4.16. The van der Waals surface area contributed by atoms with Crippen LogP contribution in [-0.2, 0) is 27.4 Å². The molecule has 3 rings (SSSR count). The molecule has 28 heavy (non-hydrogen) atoms. The number of amides is 1. The number of rotatable bonds is 8. The minimum Gasteiger partial charge on any atom is -0.497 e. The number of nitrogens with one attached hydrogen (secondary N) is 1. The Bertz CT molecular complexity index is 961. The second-order valence-corrected chi connectivity index (χ2v) is 6.04. The Balaban J connectivity index is 1.58. The number of carbonyl (C=O) groups is 2. The van der Waals surface area contributed by atoms with E-state index < -0.39 is 18.5 Å². The number of para-hydroxylation sites is 1. The van der Waals surface area contributed by atoms with Crippen LogP contribution in [0.3, 0.4) is 0 Å². The third-order valence-corrected chi connectivity index (χ3v) is 4.16. The Labute approximate surface area is 162 Å². The first kappa shape index (κ1) is 19.4. The average Bonchev–Trinajstić information content (AvgIpc) is 3.10. The number of carbonyl (C=O) groups excluding carboxylic acids is 2. The van der Waals surface area contributed by atoms with Gasteiger partial charge in [0.15, 0.2) is 6.61 Å². The molecule has 0 radical (unpaired) electrons. The number of ether oxygens (including phenoxy) is 3. The Hall–Kier alpha value is -3.32. The van der Waals surface area contributed by atoms with Crippen LogP contribution in [0.4, 0.5) is 0 Å². The van der Waals surface area contributed by atoms with Crippen LogP contribution in [0, 0.1) is 0 Å². The van der Waals surface area contributed by atoms with Crippen molar-refractivity contribution < 1.29 is 28.2 Å². The van der Waals surface area contributed by atoms with Gasteiger partial charge in [-0.15, -0.1) is 0 Å². The number of esters is 1. The SMILES string of the molecule is COCc1c(C(=O)OCC(=O)NCc2ccc(OC)cc2)oc2ccccc12. The molecule has 3 aromatic rings. The van der Waals surface area contributed by atoms with Crippen LogP contribution < -0.4 is 10.1 Å². The molecule has 1 aromatic heterocycles. The van der Waals surface area contributed by atoms with E-state index in [1.54, 1.807) is 25.3 Å². The van der Waals surface area contributed by atoms with E-state index in [4.69, 9.17) is 18.6 Å². The summed E-state index contributed by atoms with van der Waals surface area (Å²) in [5, 5.41) is 3.48. The first-order valence-electron chi connectivity index (χ1n) is 8.68. The standard InChI is InChI=1S/C21H21NO6/c1-25-12-17-16-5-3-4-6-18(16)28-20(17)21(24)27-13-19(23)22-11-14-7-9-15(26-2)10-8-14/h3-10H,11-13H2,1-2H3,(H,22,23). The summed E-state index contributed by atoms with van der Waals surface area (Å²) in [7, 11) is 3.12. The van der Waals surface area contributed by atoms with Crippen molar-refractivity contribution in [2.24, 2.45) is 0 Å². The molecule has 0 aliphatic heterocycles. The predicted octanol–water partition coefficient (Wildman–Crippen LogP) is 3.06. The Morgan fingerprint density at radius 1 is 1.04 bits per heavy atom. The van der Waals surface area contributed by atoms with Gasteiger partial charge in [0.25, 0.3) is 5.91 Å². The Morgan fingerprint density at radius 3 is 2.50 bits per heavy atom. The summed E-state index contributed by atoms with van der Waals surface area (Å²) in [6.07, 6.45) is 0. The van der Waals surface area contributed by atoms with Crippen LogP contribution in [0.2, 0.25) is 0 Å². The monoisotopic (exact) mass is 383 g/mol. The summed E-state index contributed by atoms with van der Waals surface area (Å²) in [5.41, 5.74) is 2.06. The minimum absolute atomic E-state index is 0.0472. The Morgan fingerprint density at radius 2 is 1.79 bits per heavy atom. The first-order valence-corrected chi connectivity index (χ1v) is 8.68. The lowest BCUT2D eigenvalue weighted by Gasteiger charge is -2.07. The first-order chi connectivity index (χ1) is 13.6. The molecule has 0 saturated carbocycles. The summed E-state index contributed by atoms with van der Waals surface area (Å²) >= 11 is 0. The van der Waals surface area contributed by atoms with Gasteiger partial charge in [0.1, 0.15) is 11.3 Å². The summed E-state index contributed by atoms with van der Waals surface area (Å²) < 4.78 is 21.0. The lowest BCUT2D eigenvalue weighted by molar-refractivity contribution is -0.124. The van der Waals surface area contributed by atoms with Crippen LogP contribution in [0.5, 0.6) is 5.75 Å². The predicted molar refractivity (Wildman–Crippen MR) is 102 cm³/mol. The van der Waals surface area contributed by atoms with E-state index in [2.05, 4.69) is 5.32 Å². The Kier molecular flexibility index (Phi) is 6.29. The van der Waals surface area contributed by atoms with Gasteiger partial charge in [-0.3, -0.25) is 4.79 Å². The van der Waals surface area contributed by atoms with Crippen molar-refractivity contribution in [1.82, 2.24) is 5.32 Å². The van der Waals surface area contributed by atoms with Gasteiger partial charge < -0.3 is 23.9 Å². The van der Waals surface area contributed by atoms with Crippen molar-refractivity contribution in [3.8, 4) is 5.75 Å². The fraction of sp³-hybridized carbons (Fsp3) is 0.238. The minimum atomic E-state index is -0.706. The van der Waals surface area contributed by atoms with E-state index in [1.165, 1.54) is 7.11 Å². The number of fused-ring (bicyclic) bond motifs is 1. The fourth-order valence-corrected chi connectivity index (χ4v) is 2.74. The van der Waals surface area contributed by atoms with E-state index in [-0.39, 0.29) is 12.4 Å². The van der Waals surface area contributed by atoms with Crippen LogP contribution in [0.15, 0.2) is 52.9 Å². The number of benzene rings is 2. The molecule has 0 atom stereocenters. The zero-order valence-corrected chi connectivity index (χ0v) is 15.7. The van der Waals surface area contributed by atoms with Gasteiger partial charge in [0, 0.05) is 24.6 Å². The normalized spacial score (nSPS) is 10.6. The molecule has 2 aromatic carbocycles. The molecular weight excluding hydrogens is 362 g/mol. The lowest BCUT2D eigenvalue weighted by atomic mass is 10.1. The van der Waals surface area contributed by atoms with E-state index in [1.807, 2.05) is 30.3 Å². The van der Waals surface area contributed by atoms with Gasteiger partial charge >= 0.3 is 5.97 Å². The maximum atomic E-state index is 12.4. The molecule has 0 unspecified atom stereocenters. The molecule has 0 bridgehead atoms. The van der Waals surface area contributed by atoms with Crippen molar-refractivity contribution in [3.05, 3.63) is 65.4 Å². The van der Waals surface area contributed by atoms with Crippen LogP contribution in [-0.4, -0.2) is 32.7 Å². The van der Waals surface area contributed by atoms with Crippen molar-refractivity contribution in [2.45, 2.75) is 13.2 Å². The van der Waals surface area contributed by atoms with Gasteiger partial charge in [-0.1, -0.05) is 30.3 Å². The number of furan rings is 1. The van der Waals surface area contributed by atoms with E-state index in [9.17, 15) is 9.59 Å². The molecule has 0 aliphatic carbocycles. The molecule has 1 N–H and O–H groups in total. The number of hydrogen-bond acceptors (Lipinski definition) is 6. The van der Waals surface area contributed by atoms with E-state index in [0.717, 1.165) is 16.7 Å². The summed E-state index contributed by atoms with van der Waals surface area (Å²) in [6.45, 7) is 0.115. The molecule has 0 fully saturated rings. The van der Waals surface area contributed by atoms with Gasteiger partial charge in [-0.2, -0.15) is 0 Å². The molecule has 7 nitrogen and oxygen atoms in total. The van der Waals surface area contributed by atoms with Crippen LogP contribution in [0.1, 0.15) is 21.7 Å². The van der Waals surface area contributed by atoms with Gasteiger partial charge in [-0.25, -0.2) is 4.79 Å². The highest BCUT2D eigenvalue weighted by Crippen LogP contribution is 2.27. The molecule has 7 heteroatoms. The van der Waals surface area contributed by atoms with Crippen LogP contribution >= 0.6 is 0 Å². The second-order valence-electron chi connectivity index (χ2n) is 6.04. The van der Waals surface area contributed by atoms with Gasteiger partial charge in [0.05, 0.1) is 13.7 Å². The second kappa shape index (κ2) is 9.05. The lowest BCUT2D eigenvalue weighted by Crippen LogP contribution is -2.28. The topological polar surface area (TPSA) is 87.0 Å². The van der Waals surface area contributed by atoms with Crippen molar-refractivity contribution >= 4 is 22.8 Å². The van der Waals surface area contributed by atoms with Gasteiger partial charge in [-0.05, 0) is 23.8 Å². The highest BCUT2D eigenvalue weighted by atomic mass is 16.5. The summed E-state index contributed by atoms with van der Waals surface area (Å²) in [5.74, 6) is -0.330. The zero-order chi connectivity index (χ0) is 19.9. The van der Waals surface area contributed by atoms with Gasteiger partial charge in [0.2, 0.25) is 5.76 Å². The average molecular weight is 383 g/mol. The number of hydrogen-bond donors (Lipinski definition) is 1. The van der Waals surface area contributed by atoms with Crippen LogP contribution in [0.25, 0.3) is 11.0 Å². The largest absolute Gasteiger partial charge is 0.497 e. The molecule has 0 aliphatic rings. The van der Waals surface area contributed by atoms with E-state index in [0.29, 0.717) is 17.7 Å². The molecule has 146 valence electrons. The maximum Gasteiger partial charge on any atom is 0.375 e. The molecule has 0 saturated heterocycles. The third kappa shape index (κ3) is 4.50. The molecule has 1 amide bonds. The smallest absolute Gasteiger partial charge is 0.375 e. The summed E-state index contributed by atoms with van der Waals surface area (Å²) in [4.78, 5) is 24.4. The quantitative estimate of drug-likeness (QED) is 0.602. The van der Waals surface area contributed by atoms with Crippen molar-refractivity contribution in [2.75, 3.05) is 20.8 Å². The maximum absolute atomic E-state index is 12.4. The molecule has 1 heterocycles. The van der Waals surface area contributed by atoms with Crippen molar-refractivity contribution in [1.29, 1.82) is 0 Å². The fourth-order valence-electron chi connectivity index (χ4n) is 2.74.